The van der Waals surface area contributed by atoms with Gasteiger partial charge >= 0.3 is 6.09 Å². The van der Waals surface area contributed by atoms with Gasteiger partial charge in [-0.25, -0.2) is 4.79 Å². The monoisotopic (exact) mass is 415 g/mol. The lowest BCUT2D eigenvalue weighted by atomic mass is 9.98. The van der Waals surface area contributed by atoms with Crippen LogP contribution in [0.1, 0.15) is 28.2 Å². The molecular weight excluding hydrogens is 390 g/mol. The van der Waals surface area contributed by atoms with Crippen LogP contribution < -0.4 is 10.1 Å². The number of fused-ring (bicyclic) bond motifs is 3. The second-order valence-electron chi connectivity index (χ2n) is 7.34. The summed E-state index contributed by atoms with van der Waals surface area (Å²) in [4.78, 5) is 12.2. The standard InChI is InChI=1S/C26H25NO4/c1-30-25-13-12-18(16-28)15-19(25)7-6-14-27-26(29)31-17-24-22-10-4-2-8-20(22)21-9-3-5-11-23(21)24/h2-13,15,24,28H,14,16-17H2,1H3,(H,27,29). The molecule has 0 fully saturated rings. The molecule has 0 radical (unpaired) electrons. The molecule has 5 nitrogen and oxygen atoms in total. The summed E-state index contributed by atoms with van der Waals surface area (Å²) in [5.74, 6) is 0.744. The molecule has 0 aliphatic heterocycles. The number of benzene rings is 3. The third-order valence-electron chi connectivity index (χ3n) is 5.48. The van der Waals surface area contributed by atoms with E-state index < -0.39 is 6.09 Å². The summed E-state index contributed by atoms with van der Waals surface area (Å²) in [6.45, 7) is 0.571. The zero-order valence-electron chi connectivity index (χ0n) is 17.4. The Morgan fingerprint density at radius 3 is 2.35 bits per heavy atom. The summed E-state index contributed by atoms with van der Waals surface area (Å²) in [5.41, 5.74) is 6.41. The smallest absolute Gasteiger partial charge is 0.407 e. The molecule has 5 heteroatoms. The SMILES string of the molecule is COc1ccc(CO)cc1C=CCNC(=O)OCC1c2ccccc2-c2ccccc21. The lowest BCUT2D eigenvalue weighted by Gasteiger charge is -2.14. The molecule has 0 unspecified atom stereocenters. The third kappa shape index (κ3) is 4.47. The highest BCUT2D eigenvalue weighted by molar-refractivity contribution is 5.79. The Kier molecular flexibility index (Phi) is 6.34. The number of aliphatic hydroxyl groups is 1. The Morgan fingerprint density at radius 2 is 1.71 bits per heavy atom. The molecule has 1 aliphatic rings. The summed E-state index contributed by atoms with van der Waals surface area (Å²) in [6, 6.07) is 22.0. The first kappa shape index (κ1) is 20.7. The number of amides is 1. The van der Waals surface area contributed by atoms with Gasteiger partial charge in [0.05, 0.1) is 13.7 Å². The van der Waals surface area contributed by atoms with Gasteiger partial charge in [-0.05, 0) is 39.9 Å². The van der Waals surface area contributed by atoms with E-state index in [2.05, 4.69) is 29.6 Å². The Balaban J connectivity index is 1.34. The van der Waals surface area contributed by atoms with Crippen molar-refractivity contribution in [2.75, 3.05) is 20.3 Å². The van der Waals surface area contributed by atoms with Crippen LogP contribution in [0, 0.1) is 0 Å². The predicted octanol–water partition coefficient (Wildman–Crippen LogP) is 4.74. The van der Waals surface area contributed by atoms with Gasteiger partial charge in [0.25, 0.3) is 0 Å². The second kappa shape index (κ2) is 9.49. The van der Waals surface area contributed by atoms with Crippen molar-refractivity contribution < 1.29 is 19.4 Å². The zero-order valence-corrected chi connectivity index (χ0v) is 17.4. The largest absolute Gasteiger partial charge is 0.496 e. The maximum Gasteiger partial charge on any atom is 0.407 e. The number of methoxy groups -OCH3 is 1. The van der Waals surface area contributed by atoms with E-state index in [0.29, 0.717) is 12.3 Å². The Morgan fingerprint density at radius 1 is 1.03 bits per heavy atom. The lowest BCUT2D eigenvalue weighted by molar-refractivity contribution is 0.144. The molecule has 2 N–H and O–H groups in total. The Labute approximate surface area is 182 Å². The number of aliphatic hydroxyl groups excluding tert-OH is 1. The summed E-state index contributed by atoms with van der Waals surface area (Å²) in [7, 11) is 1.60. The van der Waals surface area contributed by atoms with Crippen molar-refractivity contribution in [2.24, 2.45) is 0 Å². The van der Waals surface area contributed by atoms with Crippen molar-refractivity contribution in [1.29, 1.82) is 0 Å². The molecule has 0 saturated carbocycles. The van der Waals surface area contributed by atoms with Gasteiger partial charge in [0.2, 0.25) is 0 Å². The van der Waals surface area contributed by atoms with E-state index in [1.165, 1.54) is 22.3 Å². The van der Waals surface area contributed by atoms with Crippen LogP contribution in [0.5, 0.6) is 5.75 Å². The number of hydrogen-bond acceptors (Lipinski definition) is 4. The molecule has 0 saturated heterocycles. The number of nitrogens with one attached hydrogen (secondary N) is 1. The fourth-order valence-corrected chi connectivity index (χ4v) is 3.99. The molecule has 158 valence electrons. The first-order chi connectivity index (χ1) is 15.2. The van der Waals surface area contributed by atoms with Crippen molar-refractivity contribution >= 4 is 12.2 Å². The number of carbonyl (C=O) groups excluding carboxylic acids is 1. The maximum atomic E-state index is 12.2. The van der Waals surface area contributed by atoms with Gasteiger partial charge in [-0.2, -0.15) is 0 Å². The fourth-order valence-electron chi connectivity index (χ4n) is 3.99. The minimum Gasteiger partial charge on any atom is -0.496 e. The van der Waals surface area contributed by atoms with E-state index in [1.807, 2.05) is 54.6 Å². The van der Waals surface area contributed by atoms with Crippen LogP contribution in [0.15, 0.2) is 72.8 Å². The summed E-state index contributed by atoms with van der Waals surface area (Å²) in [5, 5.41) is 12.1. The van der Waals surface area contributed by atoms with Crippen molar-refractivity contribution in [1.82, 2.24) is 5.32 Å². The molecule has 1 amide bonds. The van der Waals surface area contributed by atoms with E-state index in [4.69, 9.17) is 9.47 Å². The highest BCUT2D eigenvalue weighted by atomic mass is 16.5. The predicted molar refractivity (Wildman–Crippen MR) is 121 cm³/mol. The van der Waals surface area contributed by atoms with Gasteiger partial charge in [-0.1, -0.05) is 66.7 Å². The molecule has 0 atom stereocenters. The Hall–Kier alpha value is -3.57. The van der Waals surface area contributed by atoms with Gasteiger partial charge in [-0.3, -0.25) is 0 Å². The van der Waals surface area contributed by atoms with E-state index in [-0.39, 0.29) is 19.1 Å². The summed E-state index contributed by atoms with van der Waals surface area (Å²) in [6.07, 6.45) is 3.21. The molecule has 4 rings (SSSR count). The highest BCUT2D eigenvalue weighted by Crippen LogP contribution is 2.44. The zero-order chi connectivity index (χ0) is 21.6. The number of ether oxygens (including phenoxy) is 2. The van der Waals surface area contributed by atoms with Crippen LogP contribution in [-0.4, -0.2) is 31.5 Å². The van der Waals surface area contributed by atoms with Crippen LogP contribution in [0.4, 0.5) is 4.79 Å². The number of rotatable bonds is 7. The normalized spacial score (nSPS) is 12.5. The first-order valence-electron chi connectivity index (χ1n) is 10.2. The molecule has 3 aromatic rings. The number of carbonyl (C=O) groups is 1. The average Bonchev–Trinajstić information content (AvgIpc) is 3.14. The van der Waals surface area contributed by atoms with Gasteiger partial charge in [0, 0.05) is 18.0 Å². The maximum absolute atomic E-state index is 12.2. The van der Waals surface area contributed by atoms with Crippen molar-refractivity contribution in [3.8, 4) is 16.9 Å². The van der Waals surface area contributed by atoms with E-state index in [9.17, 15) is 9.90 Å². The molecule has 0 aromatic heterocycles. The highest BCUT2D eigenvalue weighted by Gasteiger charge is 2.28. The van der Waals surface area contributed by atoms with Crippen LogP contribution in [0.25, 0.3) is 17.2 Å². The van der Waals surface area contributed by atoms with Crippen LogP contribution in [-0.2, 0) is 11.3 Å². The molecule has 31 heavy (non-hydrogen) atoms. The Bertz CT molecular complexity index is 1060. The molecule has 0 bridgehead atoms. The van der Waals surface area contributed by atoms with Gasteiger partial charge in [0.15, 0.2) is 0 Å². The van der Waals surface area contributed by atoms with Gasteiger partial charge < -0.3 is 19.9 Å². The molecule has 0 heterocycles. The molecule has 0 spiro atoms. The fraction of sp³-hybridized carbons (Fsp3) is 0.192. The summed E-state index contributed by atoms with van der Waals surface area (Å²) >= 11 is 0. The minimum absolute atomic E-state index is 0.0389. The molecular formula is C26H25NO4. The topological polar surface area (TPSA) is 67.8 Å². The van der Waals surface area contributed by atoms with Gasteiger partial charge in [-0.15, -0.1) is 0 Å². The van der Waals surface area contributed by atoms with Crippen LogP contribution in [0.3, 0.4) is 0 Å². The van der Waals surface area contributed by atoms with E-state index in [0.717, 1.165) is 11.1 Å². The van der Waals surface area contributed by atoms with Gasteiger partial charge in [0.1, 0.15) is 12.4 Å². The minimum atomic E-state index is -0.456. The number of alkyl carbamates (subject to hydrolysis) is 1. The second-order valence-corrected chi connectivity index (χ2v) is 7.34. The van der Waals surface area contributed by atoms with Crippen LogP contribution in [0.2, 0.25) is 0 Å². The van der Waals surface area contributed by atoms with Crippen molar-refractivity contribution in [3.63, 3.8) is 0 Å². The summed E-state index contributed by atoms with van der Waals surface area (Å²) < 4.78 is 10.9. The van der Waals surface area contributed by atoms with Crippen molar-refractivity contribution in [2.45, 2.75) is 12.5 Å². The van der Waals surface area contributed by atoms with Crippen LogP contribution >= 0.6 is 0 Å². The van der Waals surface area contributed by atoms with Crippen molar-refractivity contribution in [3.05, 3.63) is 95.1 Å². The third-order valence-corrected chi connectivity index (χ3v) is 5.48. The van der Waals surface area contributed by atoms with E-state index >= 15 is 0 Å². The lowest BCUT2D eigenvalue weighted by Crippen LogP contribution is -2.26. The molecule has 3 aromatic carbocycles. The average molecular weight is 415 g/mol. The number of hydrogen-bond donors (Lipinski definition) is 2. The quantitative estimate of drug-likeness (QED) is 0.585. The van der Waals surface area contributed by atoms with E-state index in [1.54, 1.807) is 7.11 Å². The first-order valence-corrected chi connectivity index (χ1v) is 10.2. The molecule has 1 aliphatic carbocycles.